The summed E-state index contributed by atoms with van der Waals surface area (Å²) >= 11 is 0. The largest absolute Gasteiger partial charge is 0.467 e. The Morgan fingerprint density at radius 1 is 1.21 bits per heavy atom. The van der Waals surface area contributed by atoms with Crippen LogP contribution in [0.2, 0.25) is 0 Å². The van der Waals surface area contributed by atoms with Crippen LogP contribution in [-0.4, -0.2) is 42.5 Å². The number of esters is 2. The second kappa shape index (κ2) is 6.17. The van der Waals surface area contributed by atoms with Gasteiger partial charge in [0.25, 0.3) is 0 Å². The van der Waals surface area contributed by atoms with Gasteiger partial charge in [0.15, 0.2) is 6.10 Å². The molecule has 1 aromatic carbocycles. The molecule has 2 atom stereocenters. The maximum atomic E-state index is 11.4. The molecule has 0 spiro atoms. The van der Waals surface area contributed by atoms with Crippen molar-refractivity contribution in [3.8, 4) is 0 Å². The van der Waals surface area contributed by atoms with Crippen molar-refractivity contribution in [2.75, 3.05) is 20.0 Å². The lowest BCUT2D eigenvalue weighted by Crippen LogP contribution is -2.29. The van der Waals surface area contributed by atoms with E-state index >= 15 is 0 Å². The Morgan fingerprint density at radius 3 is 2.37 bits per heavy atom. The van der Waals surface area contributed by atoms with Crippen LogP contribution in [0.1, 0.15) is 22.0 Å². The highest BCUT2D eigenvalue weighted by Gasteiger charge is 2.27. The summed E-state index contributed by atoms with van der Waals surface area (Å²) in [6.07, 6.45) is -3.28. The summed E-state index contributed by atoms with van der Waals surface area (Å²) in [6, 6.07) is 4.01. The Kier molecular flexibility index (Phi) is 4.85. The molecule has 2 unspecified atom stereocenters. The third kappa shape index (κ3) is 3.21. The van der Waals surface area contributed by atoms with E-state index in [1.54, 1.807) is 0 Å². The molecule has 7 nitrogen and oxygen atoms in total. The van der Waals surface area contributed by atoms with E-state index in [4.69, 9.17) is 5.73 Å². The van der Waals surface area contributed by atoms with E-state index in [1.807, 2.05) is 0 Å². The molecule has 0 aromatic heterocycles. The molecule has 0 radical (unpaired) electrons. The molecule has 4 N–H and O–H groups in total. The Balaban J connectivity index is 3.08. The molecule has 0 heterocycles. The summed E-state index contributed by atoms with van der Waals surface area (Å²) in [5, 5.41) is 19.3. The van der Waals surface area contributed by atoms with Crippen LogP contribution in [0.5, 0.6) is 0 Å². The first-order valence-corrected chi connectivity index (χ1v) is 5.34. The third-order valence-electron chi connectivity index (χ3n) is 2.57. The van der Waals surface area contributed by atoms with Gasteiger partial charge in [0, 0.05) is 5.69 Å². The Labute approximate surface area is 109 Å². The molecule has 1 aromatic rings. The number of carbonyl (C=O) groups excluding carboxylic acids is 2. The number of hydrogen-bond acceptors (Lipinski definition) is 7. The van der Waals surface area contributed by atoms with Crippen LogP contribution in [0, 0.1) is 0 Å². The van der Waals surface area contributed by atoms with Crippen molar-refractivity contribution in [3.05, 3.63) is 29.3 Å². The molecule has 0 amide bonds. The average molecular weight is 269 g/mol. The number of aliphatic hydroxyl groups excluding tert-OH is 2. The number of hydrogen-bond donors (Lipinski definition) is 3. The second-order valence-electron chi connectivity index (χ2n) is 3.75. The number of aliphatic hydroxyl groups is 2. The minimum atomic E-state index is -1.75. The molecule has 0 aliphatic rings. The molecule has 0 fully saturated rings. The summed E-state index contributed by atoms with van der Waals surface area (Å²) in [5.41, 5.74) is 5.94. The molecule has 0 bridgehead atoms. The average Bonchev–Trinajstić information content (AvgIpc) is 2.44. The van der Waals surface area contributed by atoms with Crippen molar-refractivity contribution in [2.24, 2.45) is 0 Å². The van der Waals surface area contributed by atoms with Crippen LogP contribution in [0.3, 0.4) is 0 Å². The normalized spacial score (nSPS) is 13.5. The Hall–Kier alpha value is -2.12. The molecule has 0 aliphatic heterocycles. The number of anilines is 1. The van der Waals surface area contributed by atoms with Crippen molar-refractivity contribution < 1.29 is 29.3 Å². The summed E-state index contributed by atoms with van der Waals surface area (Å²) in [4.78, 5) is 22.6. The van der Waals surface area contributed by atoms with Gasteiger partial charge in [-0.1, -0.05) is 6.07 Å². The van der Waals surface area contributed by atoms with Gasteiger partial charge in [-0.15, -0.1) is 0 Å². The molecule has 19 heavy (non-hydrogen) atoms. The molecule has 0 saturated heterocycles. The monoisotopic (exact) mass is 269 g/mol. The van der Waals surface area contributed by atoms with Gasteiger partial charge >= 0.3 is 11.9 Å². The minimum absolute atomic E-state index is 0.0381. The zero-order chi connectivity index (χ0) is 14.6. The number of carbonyl (C=O) groups is 2. The van der Waals surface area contributed by atoms with Gasteiger partial charge in [0.1, 0.15) is 6.10 Å². The van der Waals surface area contributed by atoms with Gasteiger partial charge in [0.2, 0.25) is 0 Å². The van der Waals surface area contributed by atoms with E-state index in [-0.39, 0.29) is 16.8 Å². The fourth-order valence-electron chi connectivity index (χ4n) is 1.48. The first-order chi connectivity index (χ1) is 8.92. The first kappa shape index (κ1) is 14.9. The van der Waals surface area contributed by atoms with Crippen molar-refractivity contribution >= 4 is 17.6 Å². The summed E-state index contributed by atoms with van der Waals surface area (Å²) in [6.45, 7) is 0. The van der Waals surface area contributed by atoms with Crippen LogP contribution in [-0.2, 0) is 14.3 Å². The number of benzene rings is 1. The van der Waals surface area contributed by atoms with Gasteiger partial charge in [-0.2, -0.15) is 0 Å². The highest BCUT2D eigenvalue weighted by Crippen LogP contribution is 2.23. The van der Waals surface area contributed by atoms with Crippen LogP contribution >= 0.6 is 0 Å². The lowest BCUT2D eigenvalue weighted by molar-refractivity contribution is -0.156. The SMILES string of the molecule is COC(=O)c1cc(C(O)C(O)C(=O)OC)ccc1N. The van der Waals surface area contributed by atoms with Gasteiger partial charge in [0.05, 0.1) is 19.8 Å². The van der Waals surface area contributed by atoms with Gasteiger partial charge in [-0.3, -0.25) is 0 Å². The molecule has 0 saturated carbocycles. The molecule has 0 aliphatic carbocycles. The van der Waals surface area contributed by atoms with E-state index in [0.717, 1.165) is 7.11 Å². The molecule has 7 heteroatoms. The van der Waals surface area contributed by atoms with Crippen LogP contribution in [0.15, 0.2) is 18.2 Å². The lowest BCUT2D eigenvalue weighted by atomic mass is 10.0. The molecular formula is C12H15NO6. The number of nitrogen functional groups attached to an aromatic ring is 1. The predicted octanol–water partition coefficient (Wildman–Crippen LogP) is -0.377. The Bertz CT molecular complexity index is 487. The molecular weight excluding hydrogens is 254 g/mol. The van der Waals surface area contributed by atoms with Crippen molar-refractivity contribution in [1.82, 2.24) is 0 Å². The number of nitrogens with two attached hydrogens (primary N) is 1. The minimum Gasteiger partial charge on any atom is -0.467 e. The maximum absolute atomic E-state index is 11.4. The van der Waals surface area contributed by atoms with Gasteiger partial charge in [-0.25, -0.2) is 9.59 Å². The highest BCUT2D eigenvalue weighted by atomic mass is 16.5. The second-order valence-corrected chi connectivity index (χ2v) is 3.75. The number of methoxy groups -OCH3 is 2. The quantitative estimate of drug-likeness (QED) is 0.503. The number of rotatable bonds is 4. The third-order valence-corrected chi connectivity index (χ3v) is 2.57. The van der Waals surface area contributed by atoms with Gasteiger partial charge < -0.3 is 25.4 Å². The van der Waals surface area contributed by atoms with Crippen LogP contribution < -0.4 is 5.73 Å². The van der Waals surface area contributed by atoms with E-state index < -0.39 is 24.1 Å². The van der Waals surface area contributed by atoms with Crippen molar-refractivity contribution in [1.29, 1.82) is 0 Å². The lowest BCUT2D eigenvalue weighted by Gasteiger charge is -2.17. The molecule has 104 valence electrons. The fourth-order valence-corrected chi connectivity index (χ4v) is 1.48. The van der Waals surface area contributed by atoms with Crippen molar-refractivity contribution in [3.63, 3.8) is 0 Å². The fraction of sp³-hybridized carbons (Fsp3) is 0.333. The summed E-state index contributed by atoms with van der Waals surface area (Å²) in [5.74, 6) is -1.66. The zero-order valence-corrected chi connectivity index (χ0v) is 10.5. The van der Waals surface area contributed by atoms with E-state index in [0.29, 0.717) is 0 Å². The topological polar surface area (TPSA) is 119 Å². The van der Waals surface area contributed by atoms with E-state index in [2.05, 4.69) is 9.47 Å². The first-order valence-electron chi connectivity index (χ1n) is 5.34. The summed E-state index contributed by atoms with van der Waals surface area (Å²) < 4.78 is 8.84. The standard InChI is InChI=1S/C12H15NO6/c1-18-11(16)7-5-6(3-4-8(7)13)9(14)10(15)12(17)19-2/h3-5,9-10,14-15H,13H2,1-2H3. The van der Waals surface area contributed by atoms with E-state index in [1.165, 1.54) is 25.3 Å². The Morgan fingerprint density at radius 2 is 1.84 bits per heavy atom. The van der Waals surface area contributed by atoms with Crippen LogP contribution in [0.4, 0.5) is 5.69 Å². The summed E-state index contributed by atoms with van der Waals surface area (Å²) in [7, 11) is 2.27. The molecule has 1 rings (SSSR count). The van der Waals surface area contributed by atoms with E-state index in [9.17, 15) is 19.8 Å². The highest BCUT2D eigenvalue weighted by molar-refractivity contribution is 5.95. The van der Waals surface area contributed by atoms with Crippen LogP contribution in [0.25, 0.3) is 0 Å². The smallest absolute Gasteiger partial charge is 0.339 e. The maximum Gasteiger partial charge on any atom is 0.339 e. The zero-order valence-electron chi connectivity index (χ0n) is 10.5. The van der Waals surface area contributed by atoms with Gasteiger partial charge in [-0.05, 0) is 17.7 Å². The predicted molar refractivity (Wildman–Crippen MR) is 65.2 cm³/mol. The van der Waals surface area contributed by atoms with Crippen molar-refractivity contribution in [2.45, 2.75) is 12.2 Å². The number of ether oxygens (including phenoxy) is 2.